The van der Waals surface area contributed by atoms with E-state index in [4.69, 9.17) is 20.9 Å². The van der Waals surface area contributed by atoms with Crippen LogP contribution in [0.5, 0.6) is 23.3 Å². The Balaban J connectivity index is 1.13. The van der Waals surface area contributed by atoms with Crippen molar-refractivity contribution < 1.29 is 19.1 Å². The minimum Gasteiger partial charge on any atom is -0.439 e. The third kappa shape index (κ3) is 6.69. The van der Waals surface area contributed by atoms with Gasteiger partial charge in [0.25, 0.3) is 11.8 Å². The highest BCUT2D eigenvalue weighted by atomic mass is 16.5. The molecule has 2 heterocycles. The molecule has 10 heteroatoms. The molecule has 0 radical (unpaired) electrons. The number of hydrogen-bond donors (Lipinski definition) is 4. The van der Waals surface area contributed by atoms with Crippen molar-refractivity contribution >= 4 is 34.6 Å². The zero-order chi connectivity index (χ0) is 27.9. The van der Waals surface area contributed by atoms with Gasteiger partial charge in [0.1, 0.15) is 11.5 Å². The van der Waals surface area contributed by atoms with Crippen LogP contribution in [0.15, 0.2) is 109 Å². The fourth-order valence-corrected chi connectivity index (χ4v) is 3.51. The van der Waals surface area contributed by atoms with E-state index in [0.717, 1.165) is 0 Å². The largest absolute Gasteiger partial charge is 0.439 e. The molecule has 0 aliphatic carbocycles. The number of nitrogens with zero attached hydrogens (tertiary/aromatic N) is 2. The van der Waals surface area contributed by atoms with Gasteiger partial charge >= 0.3 is 0 Å². The van der Waals surface area contributed by atoms with E-state index < -0.39 is 0 Å². The number of amides is 2. The minimum absolute atomic E-state index is 0.337. The van der Waals surface area contributed by atoms with E-state index in [2.05, 4.69) is 20.6 Å². The van der Waals surface area contributed by atoms with Gasteiger partial charge in [0.05, 0.1) is 11.1 Å². The van der Waals surface area contributed by atoms with Gasteiger partial charge in [0, 0.05) is 47.3 Å². The van der Waals surface area contributed by atoms with E-state index in [1.54, 1.807) is 97.1 Å². The van der Waals surface area contributed by atoms with Crippen molar-refractivity contribution in [3.05, 3.63) is 121 Å². The van der Waals surface area contributed by atoms with Crippen molar-refractivity contribution in [3.63, 3.8) is 0 Å². The lowest BCUT2D eigenvalue weighted by atomic mass is 10.2. The summed E-state index contributed by atoms with van der Waals surface area (Å²) in [6.07, 6.45) is 2.85. The maximum atomic E-state index is 12.6. The topological polar surface area (TPSA) is 154 Å². The summed E-state index contributed by atoms with van der Waals surface area (Å²) in [6, 6.07) is 27.0. The molecule has 6 N–H and O–H groups in total. The second-order valence-electron chi connectivity index (χ2n) is 8.60. The Bertz CT molecular complexity index is 1480. The van der Waals surface area contributed by atoms with Crippen LogP contribution in [0.3, 0.4) is 0 Å². The van der Waals surface area contributed by atoms with Crippen LogP contribution in [-0.4, -0.2) is 21.8 Å². The Kier molecular flexibility index (Phi) is 7.50. The maximum Gasteiger partial charge on any atom is 0.257 e. The molecule has 40 heavy (non-hydrogen) atoms. The normalized spacial score (nSPS) is 10.4. The van der Waals surface area contributed by atoms with Crippen LogP contribution in [0.1, 0.15) is 20.7 Å². The summed E-state index contributed by atoms with van der Waals surface area (Å²) in [5.41, 5.74) is 14.4. The van der Waals surface area contributed by atoms with Crippen molar-refractivity contribution in [2.45, 2.75) is 0 Å². The third-order valence-electron chi connectivity index (χ3n) is 5.60. The number of nitrogens with one attached hydrogen (secondary N) is 2. The summed E-state index contributed by atoms with van der Waals surface area (Å²) in [5, 5.41) is 5.60. The molecule has 0 bridgehead atoms. The molecule has 0 atom stereocenters. The Morgan fingerprint density at radius 2 is 0.900 bits per heavy atom. The maximum absolute atomic E-state index is 12.6. The molecule has 5 aromatic rings. The van der Waals surface area contributed by atoms with E-state index in [1.165, 1.54) is 12.4 Å². The molecule has 3 aromatic carbocycles. The van der Waals surface area contributed by atoms with E-state index in [1.807, 2.05) is 0 Å². The van der Waals surface area contributed by atoms with Gasteiger partial charge in [-0.15, -0.1) is 0 Å². The van der Waals surface area contributed by atoms with Gasteiger partial charge in [-0.05, 0) is 84.9 Å². The van der Waals surface area contributed by atoms with Crippen LogP contribution in [0.25, 0.3) is 0 Å². The minimum atomic E-state index is -0.337. The van der Waals surface area contributed by atoms with E-state index in [-0.39, 0.29) is 11.8 Å². The number of nitrogen functional groups attached to an aromatic ring is 2. The monoisotopic (exact) mass is 532 g/mol. The van der Waals surface area contributed by atoms with Crippen LogP contribution in [0, 0.1) is 0 Å². The molecular formula is C30H24N6O4. The lowest BCUT2D eigenvalue weighted by Gasteiger charge is -2.09. The zero-order valence-corrected chi connectivity index (χ0v) is 21.1. The first kappa shape index (κ1) is 25.7. The van der Waals surface area contributed by atoms with Crippen LogP contribution >= 0.6 is 0 Å². The first-order valence-electron chi connectivity index (χ1n) is 12.1. The molecular weight excluding hydrogens is 508 g/mol. The molecule has 0 saturated heterocycles. The van der Waals surface area contributed by atoms with Gasteiger partial charge in [-0.2, -0.15) is 0 Å². The molecule has 198 valence electrons. The Morgan fingerprint density at radius 3 is 1.23 bits per heavy atom. The average molecular weight is 533 g/mol. The zero-order valence-electron chi connectivity index (χ0n) is 21.1. The average Bonchev–Trinajstić information content (AvgIpc) is 2.97. The van der Waals surface area contributed by atoms with Gasteiger partial charge in [-0.25, -0.2) is 9.97 Å². The van der Waals surface area contributed by atoms with E-state index in [0.29, 0.717) is 57.1 Å². The number of aromatic nitrogens is 2. The molecule has 0 aliphatic rings. The number of benzene rings is 3. The number of pyridine rings is 2. The summed E-state index contributed by atoms with van der Waals surface area (Å²) < 4.78 is 11.3. The third-order valence-corrected chi connectivity index (χ3v) is 5.60. The Labute approximate surface area is 229 Å². The van der Waals surface area contributed by atoms with Crippen molar-refractivity contribution in [1.82, 2.24) is 9.97 Å². The molecule has 5 rings (SSSR count). The molecule has 10 nitrogen and oxygen atoms in total. The van der Waals surface area contributed by atoms with Crippen molar-refractivity contribution in [2.24, 2.45) is 0 Å². The molecule has 0 spiro atoms. The number of nitrogens with two attached hydrogens (primary N) is 2. The standard InChI is InChI=1S/C30H24N6O4/c31-21-3-11-25(12-4-21)39-27-15-1-19(17-33-27)29(37)35-23-7-9-24(10-8-23)36-30(38)20-2-16-28(34-18-20)40-26-13-5-22(32)6-14-26/h1-18H,31-32H2,(H,35,37)(H,36,38). The predicted octanol–water partition coefficient (Wildman–Crippen LogP) is 5.73. The molecule has 0 saturated carbocycles. The predicted molar refractivity (Wildman–Crippen MR) is 153 cm³/mol. The number of carbonyl (C=O) groups is 2. The summed E-state index contributed by atoms with van der Waals surface area (Å²) in [4.78, 5) is 33.6. The lowest BCUT2D eigenvalue weighted by Crippen LogP contribution is -2.13. The van der Waals surface area contributed by atoms with Crippen molar-refractivity contribution in [3.8, 4) is 23.3 Å². The van der Waals surface area contributed by atoms with Gasteiger partial charge in [-0.1, -0.05) is 0 Å². The highest BCUT2D eigenvalue weighted by Gasteiger charge is 2.10. The first-order valence-corrected chi connectivity index (χ1v) is 12.1. The smallest absolute Gasteiger partial charge is 0.257 e. The van der Waals surface area contributed by atoms with Crippen molar-refractivity contribution in [1.29, 1.82) is 0 Å². The van der Waals surface area contributed by atoms with E-state index >= 15 is 0 Å². The highest BCUT2D eigenvalue weighted by molar-refractivity contribution is 6.05. The molecule has 0 fully saturated rings. The summed E-state index contributed by atoms with van der Waals surface area (Å²) in [7, 11) is 0. The summed E-state index contributed by atoms with van der Waals surface area (Å²) >= 11 is 0. The fourth-order valence-electron chi connectivity index (χ4n) is 3.51. The van der Waals surface area contributed by atoms with Crippen LogP contribution < -0.4 is 31.6 Å². The number of rotatable bonds is 8. The van der Waals surface area contributed by atoms with Gasteiger partial charge in [-0.3, -0.25) is 9.59 Å². The number of ether oxygens (including phenoxy) is 2. The fraction of sp³-hybridized carbons (Fsp3) is 0. The van der Waals surface area contributed by atoms with E-state index in [9.17, 15) is 9.59 Å². The molecule has 2 amide bonds. The quantitative estimate of drug-likeness (QED) is 0.185. The highest BCUT2D eigenvalue weighted by Crippen LogP contribution is 2.22. The van der Waals surface area contributed by atoms with Crippen LogP contribution in [0.4, 0.5) is 22.7 Å². The number of hydrogen-bond acceptors (Lipinski definition) is 8. The lowest BCUT2D eigenvalue weighted by molar-refractivity contribution is 0.101. The van der Waals surface area contributed by atoms with Crippen LogP contribution in [0.2, 0.25) is 0 Å². The Morgan fingerprint density at radius 1 is 0.525 bits per heavy atom. The summed E-state index contributed by atoms with van der Waals surface area (Å²) in [5.74, 6) is 1.19. The summed E-state index contributed by atoms with van der Waals surface area (Å²) in [6.45, 7) is 0. The Hall–Kier alpha value is -5.90. The van der Waals surface area contributed by atoms with Crippen molar-refractivity contribution in [2.75, 3.05) is 22.1 Å². The van der Waals surface area contributed by atoms with Gasteiger partial charge < -0.3 is 31.6 Å². The molecule has 0 aliphatic heterocycles. The van der Waals surface area contributed by atoms with Gasteiger partial charge in [0.2, 0.25) is 11.8 Å². The molecule has 2 aromatic heterocycles. The first-order chi connectivity index (χ1) is 19.4. The van der Waals surface area contributed by atoms with Gasteiger partial charge in [0.15, 0.2) is 0 Å². The SMILES string of the molecule is Nc1ccc(Oc2ccc(C(=O)Nc3ccc(NC(=O)c4ccc(Oc5ccc(N)cc5)nc4)cc3)cn2)cc1. The second kappa shape index (κ2) is 11.7. The molecule has 0 unspecified atom stereocenters. The second-order valence-corrected chi connectivity index (χ2v) is 8.60. The number of anilines is 4. The number of carbonyl (C=O) groups excluding carboxylic acids is 2. The van der Waals surface area contributed by atoms with Crippen LogP contribution in [-0.2, 0) is 0 Å².